The van der Waals surface area contributed by atoms with Crippen LogP contribution in [0.1, 0.15) is 17.0 Å². The fourth-order valence-corrected chi connectivity index (χ4v) is 2.85. The van der Waals surface area contributed by atoms with Gasteiger partial charge in [0.1, 0.15) is 11.6 Å². The first-order valence-corrected chi connectivity index (χ1v) is 9.17. The van der Waals surface area contributed by atoms with E-state index in [-0.39, 0.29) is 29.7 Å². The van der Waals surface area contributed by atoms with Gasteiger partial charge in [0.15, 0.2) is 5.96 Å². The molecule has 1 heterocycles. The van der Waals surface area contributed by atoms with E-state index in [0.29, 0.717) is 24.6 Å². The van der Waals surface area contributed by atoms with Crippen LogP contribution in [-0.4, -0.2) is 29.2 Å². The molecule has 0 saturated heterocycles. The summed E-state index contributed by atoms with van der Waals surface area (Å²) in [6.45, 7) is -1.38. The smallest absolute Gasteiger partial charge is 0.387 e. The van der Waals surface area contributed by atoms with Crippen LogP contribution in [0.4, 0.5) is 8.78 Å². The Balaban J connectivity index is 0.00000320. The number of halogens is 3. The molecule has 0 unspecified atom stereocenters. The number of guanidine groups is 1. The summed E-state index contributed by atoms with van der Waals surface area (Å²) in [5, 5.41) is 6.30. The van der Waals surface area contributed by atoms with Crippen molar-refractivity contribution in [2.45, 2.75) is 26.2 Å². The van der Waals surface area contributed by atoms with Crippen LogP contribution < -0.4 is 15.4 Å². The molecule has 9 heteroatoms. The molecule has 2 aromatic carbocycles. The second kappa shape index (κ2) is 12.1. The van der Waals surface area contributed by atoms with Gasteiger partial charge in [-0.1, -0.05) is 48.5 Å². The van der Waals surface area contributed by atoms with Crippen molar-refractivity contribution in [2.24, 2.45) is 4.99 Å². The van der Waals surface area contributed by atoms with Crippen molar-refractivity contribution in [3.63, 3.8) is 0 Å². The molecule has 30 heavy (non-hydrogen) atoms. The minimum atomic E-state index is -2.86. The summed E-state index contributed by atoms with van der Waals surface area (Å²) in [7, 11) is 1.65. The predicted octanol–water partition coefficient (Wildman–Crippen LogP) is 4.02. The molecule has 0 aliphatic rings. The zero-order chi connectivity index (χ0) is 20.5. The summed E-state index contributed by atoms with van der Waals surface area (Å²) in [6.07, 6.45) is 3.69. The summed E-state index contributed by atoms with van der Waals surface area (Å²) < 4.78 is 31.7. The SMILES string of the molecule is CN=C(NCc1ccccc1OC(F)F)NCc1nccn1Cc1ccccc1.I. The lowest BCUT2D eigenvalue weighted by atomic mass is 10.2. The molecule has 160 valence electrons. The number of alkyl halides is 2. The van der Waals surface area contributed by atoms with Gasteiger partial charge in [-0.2, -0.15) is 8.78 Å². The van der Waals surface area contributed by atoms with E-state index >= 15 is 0 Å². The van der Waals surface area contributed by atoms with Crippen molar-refractivity contribution < 1.29 is 13.5 Å². The van der Waals surface area contributed by atoms with E-state index in [9.17, 15) is 8.78 Å². The molecule has 0 atom stereocenters. The van der Waals surface area contributed by atoms with Crippen molar-refractivity contribution in [3.8, 4) is 5.75 Å². The average molecular weight is 527 g/mol. The second-order valence-electron chi connectivity index (χ2n) is 6.22. The molecule has 0 aliphatic carbocycles. The number of aromatic nitrogens is 2. The van der Waals surface area contributed by atoms with Crippen LogP contribution in [0.15, 0.2) is 72.0 Å². The Bertz CT molecular complexity index is 934. The summed E-state index contributed by atoms with van der Waals surface area (Å²) in [5.41, 5.74) is 1.80. The molecule has 3 rings (SSSR count). The lowest BCUT2D eigenvalue weighted by Gasteiger charge is -2.15. The van der Waals surface area contributed by atoms with Crippen molar-refractivity contribution >= 4 is 29.9 Å². The van der Waals surface area contributed by atoms with Gasteiger partial charge in [0.05, 0.1) is 6.54 Å². The van der Waals surface area contributed by atoms with E-state index in [0.717, 1.165) is 12.4 Å². The third-order valence-electron chi connectivity index (χ3n) is 4.27. The first-order valence-electron chi connectivity index (χ1n) is 9.17. The zero-order valence-corrected chi connectivity index (χ0v) is 18.8. The van der Waals surface area contributed by atoms with Crippen LogP contribution in [0.25, 0.3) is 0 Å². The third-order valence-corrected chi connectivity index (χ3v) is 4.27. The molecule has 0 radical (unpaired) electrons. The number of nitrogens with zero attached hydrogens (tertiary/aromatic N) is 3. The van der Waals surface area contributed by atoms with Gasteiger partial charge < -0.3 is 19.9 Å². The van der Waals surface area contributed by atoms with Gasteiger partial charge in [-0.3, -0.25) is 4.99 Å². The molecule has 0 fully saturated rings. The molecule has 2 N–H and O–H groups in total. The maximum atomic E-state index is 12.5. The quantitative estimate of drug-likeness (QED) is 0.264. The molecule has 0 amide bonds. The molecule has 3 aromatic rings. The number of aliphatic imine (C=N–C) groups is 1. The van der Waals surface area contributed by atoms with Crippen LogP contribution in [0.2, 0.25) is 0 Å². The molecule has 0 spiro atoms. The van der Waals surface area contributed by atoms with Gasteiger partial charge >= 0.3 is 6.61 Å². The van der Waals surface area contributed by atoms with Gasteiger partial charge in [0.2, 0.25) is 0 Å². The van der Waals surface area contributed by atoms with E-state index in [2.05, 4.69) is 42.0 Å². The van der Waals surface area contributed by atoms with Gasteiger partial charge in [-0.05, 0) is 11.6 Å². The number of hydrogen-bond acceptors (Lipinski definition) is 3. The van der Waals surface area contributed by atoms with Crippen molar-refractivity contribution in [1.29, 1.82) is 0 Å². The first kappa shape index (κ1) is 23.6. The molecule has 1 aromatic heterocycles. The Labute approximate surface area is 191 Å². The van der Waals surface area contributed by atoms with E-state index in [1.807, 2.05) is 24.4 Å². The zero-order valence-electron chi connectivity index (χ0n) is 16.5. The maximum absolute atomic E-state index is 12.5. The van der Waals surface area contributed by atoms with Gasteiger partial charge in [-0.25, -0.2) is 4.98 Å². The monoisotopic (exact) mass is 527 g/mol. The summed E-state index contributed by atoms with van der Waals surface area (Å²) >= 11 is 0. The second-order valence-corrected chi connectivity index (χ2v) is 6.22. The van der Waals surface area contributed by atoms with Crippen molar-refractivity contribution in [2.75, 3.05) is 7.05 Å². The van der Waals surface area contributed by atoms with Crippen LogP contribution in [0.5, 0.6) is 5.75 Å². The Morgan fingerprint density at radius 1 is 1.07 bits per heavy atom. The lowest BCUT2D eigenvalue weighted by Crippen LogP contribution is -2.37. The van der Waals surface area contributed by atoms with Crippen LogP contribution in [0, 0.1) is 0 Å². The number of imidazole rings is 1. The van der Waals surface area contributed by atoms with Crippen LogP contribution >= 0.6 is 24.0 Å². The lowest BCUT2D eigenvalue weighted by molar-refractivity contribution is -0.0504. The molecule has 0 bridgehead atoms. The van der Waals surface area contributed by atoms with E-state index in [1.165, 1.54) is 11.6 Å². The Morgan fingerprint density at radius 3 is 2.50 bits per heavy atom. The van der Waals surface area contributed by atoms with Gasteiger partial charge in [-0.15, -0.1) is 24.0 Å². The molecule has 0 aliphatic heterocycles. The summed E-state index contributed by atoms with van der Waals surface area (Å²) in [5.74, 6) is 1.54. The van der Waals surface area contributed by atoms with E-state index in [4.69, 9.17) is 0 Å². The molecular weight excluding hydrogens is 503 g/mol. The van der Waals surface area contributed by atoms with Crippen molar-refractivity contribution in [3.05, 3.63) is 83.9 Å². The van der Waals surface area contributed by atoms with Gasteiger partial charge in [0.25, 0.3) is 0 Å². The van der Waals surface area contributed by atoms with E-state index in [1.54, 1.807) is 31.4 Å². The maximum Gasteiger partial charge on any atom is 0.387 e. The molecular formula is C21H24F2IN5O. The number of nitrogens with one attached hydrogen (secondary N) is 2. The minimum Gasteiger partial charge on any atom is -0.434 e. The standard InChI is InChI=1S/C21H23F2N5O.HI/c1-24-21(26-13-17-9-5-6-10-18(17)29-20(22)23)27-14-19-25-11-12-28(19)15-16-7-3-2-4-8-16;/h2-12,20H,13-15H2,1H3,(H2,24,26,27);1H. The summed E-state index contributed by atoms with van der Waals surface area (Å²) in [4.78, 5) is 8.57. The van der Waals surface area contributed by atoms with Crippen molar-refractivity contribution in [1.82, 2.24) is 20.2 Å². The first-order chi connectivity index (χ1) is 14.2. The third kappa shape index (κ3) is 6.97. The highest BCUT2D eigenvalue weighted by Crippen LogP contribution is 2.19. The Kier molecular flexibility index (Phi) is 9.52. The number of hydrogen-bond donors (Lipinski definition) is 2. The highest BCUT2D eigenvalue weighted by molar-refractivity contribution is 14.0. The number of benzene rings is 2. The van der Waals surface area contributed by atoms with Gasteiger partial charge in [0, 0.05) is 38.1 Å². The highest BCUT2D eigenvalue weighted by Gasteiger charge is 2.10. The van der Waals surface area contributed by atoms with E-state index < -0.39 is 6.61 Å². The Hall–Kier alpha value is -2.69. The van der Waals surface area contributed by atoms with Crippen LogP contribution in [-0.2, 0) is 19.6 Å². The number of ether oxygens (including phenoxy) is 1. The average Bonchev–Trinajstić information content (AvgIpc) is 3.16. The Morgan fingerprint density at radius 2 is 1.77 bits per heavy atom. The van der Waals surface area contributed by atoms with Crippen LogP contribution in [0.3, 0.4) is 0 Å². The minimum absolute atomic E-state index is 0. The fraction of sp³-hybridized carbons (Fsp3) is 0.238. The fourth-order valence-electron chi connectivity index (χ4n) is 2.85. The normalized spacial score (nSPS) is 11.1. The predicted molar refractivity (Wildman–Crippen MR) is 123 cm³/mol. The number of rotatable bonds is 8. The largest absolute Gasteiger partial charge is 0.434 e. The molecule has 6 nitrogen and oxygen atoms in total. The highest BCUT2D eigenvalue weighted by atomic mass is 127. The number of para-hydroxylation sites is 1. The molecule has 0 saturated carbocycles. The summed E-state index contributed by atoms with van der Waals surface area (Å²) in [6, 6.07) is 16.8. The topological polar surface area (TPSA) is 63.5 Å².